The van der Waals surface area contributed by atoms with Crippen LogP contribution in [0, 0.1) is 12.7 Å². The van der Waals surface area contributed by atoms with Crippen molar-refractivity contribution in [2.24, 2.45) is 0 Å². The molecule has 0 radical (unpaired) electrons. The minimum atomic E-state index is -0.436. The monoisotopic (exact) mass is 247 g/mol. The molecule has 18 heavy (non-hydrogen) atoms. The van der Waals surface area contributed by atoms with E-state index in [4.69, 9.17) is 0 Å². The zero-order valence-corrected chi connectivity index (χ0v) is 9.61. The molecule has 0 atom stereocenters. The number of nitrogens with one attached hydrogen (secondary N) is 1. The van der Waals surface area contributed by atoms with E-state index in [2.05, 4.69) is 5.32 Å². The van der Waals surface area contributed by atoms with E-state index in [1.165, 1.54) is 22.9 Å². The van der Waals surface area contributed by atoms with Gasteiger partial charge in [0.1, 0.15) is 12.4 Å². The molecule has 1 N–H and O–H groups in total. The molecule has 0 saturated carbocycles. The number of hydrogen-bond acceptors (Lipinski definition) is 2. The number of anilines is 1. The number of halogens is 1. The molecule has 1 aromatic heterocycles. The van der Waals surface area contributed by atoms with E-state index >= 15 is 0 Å². The molecule has 3 rings (SSSR count). The van der Waals surface area contributed by atoms with Gasteiger partial charge >= 0.3 is 0 Å². The molecule has 6 heteroatoms. The van der Waals surface area contributed by atoms with E-state index in [1.54, 1.807) is 17.7 Å². The smallest absolute Gasteiger partial charge is 0.267 e. The van der Waals surface area contributed by atoms with Gasteiger partial charge in [-0.05, 0) is 25.1 Å². The number of aromatic nitrogens is 2. The molecule has 2 heterocycles. The van der Waals surface area contributed by atoms with Gasteiger partial charge in [0, 0.05) is 11.8 Å². The van der Waals surface area contributed by atoms with Gasteiger partial charge in [-0.15, -0.1) is 0 Å². The average molecular weight is 247 g/mol. The van der Waals surface area contributed by atoms with Crippen molar-refractivity contribution in [2.45, 2.75) is 13.5 Å². The fourth-order valence-electron chi connectivity index (χ4n) is 2.19. The number of hydrogen-bond donors (Lipinski definition) is 1. The SMILES string of the molecule is Cc1cc(=O)n2n1-c1ccc(F)cc1NC(=O)C2. The van der Waals surface area contributed by atoms with Crippen molar-refractivity contribution in [3.05, 3.63) is 46.1 Å². The van der Waals surface area contributed by atoms with Gasteiger partial charge in [0.15, 0.2) is 0 Å². The van der Waals surface area contributed by atoms with Crippen LogP contribution in [0.1, 0.15) is 5.69 Å². The molecule has 0 aliphatic carbocycles. The minimum Gasteiger partial charge on any atom is -0.323 e. The molecular formula is C12H10FN3O2. The van der Waals surface area contributed by atoms with Crippen molar-refractivity contribution in [1.29, 1.82) is 0 Å². The van der Waals surface area contributed by atoms with E-state index < -0.39 is 5.82 Å². The van der Waals surface area contributed by atoms with Gasteiger partial charge in [-0.3, -0.25) is 14.3 Å². The van der Waals surface area contributed by atoms with Gasteiger partial charge in [0.2, 0.25) is 5.91 Å². The van der Waals surface area contributed by atoms with E-state index in [1.807, 2.05) is 0 Å². The summed E-state index contributed by atoms with van der Waals surface area (Å²) >= 11 is 0. The highest BCUT2D eigenvalue weighted by molar-refractivity contribution is 5.93. The Hall–Kier alpha value is -2.37. The first-order chi connectivity index (χ1) is 8.56. The average Bonchev–Trinajstić information content (AvgIpc) is 2.49. The maximum Gasteiger partial charge on any atom is 0.267 e. The fraction of sp³-hybridized carbons (Fsp3) is 0.167. The highest BCUT2D eigenvalue weighted by Gasteiger charge is 2.20. The largest absolute Gasteiger partial charge is 0.323 e. The van der Waals surface area contributed by atoms with Crippen LogP contribution >= 0.6 is 0 Å². The third-order valence-corrected chi connectivity index (χ3v) is 2.92. The highest BCUT2D eigenvalue weighted by Crippen LogP contribution is 2.24. The van der Waals surface area contributed by atoms with Crippen LogP contribution in [-0.4, -0.2) is 15.3 Å². The predicted octanol–water partition coefficient (Wildman–Crippen LogP) is 1.04. The van der Waals surface area contributed by atoms with Gasteiger partial charge in [-0.1, -0.05) is 0 Å². The zero-order chi connectivity index (χ0) is 12.9. The lowest BCUT2D eigenvalue weighted by Gasteiger charge is -2.11. The van der Waals surface area contributed by atoms with Crippen LogP contribution in [-0.2, 0) is 11.3 Å². The Labute approximate surface area is 101 Å². The number of benzene rings is 1. The number of carbonyl (C=O) groups is 1. The first kappa shape index (κ1) is 10.8. The molecule has 0 unspecified atom stereocenters. The Balaban J connectivity index is 2.38. The van der Waals surface area contributed by atoms with Crippen molar-refractivity contribution in [3.8, 4) is 5.69 Å². The van der Waals surface area contributed by atoms with E-state index in [0.717, 1.165) is 0 Å². The summed E-state index contributed by atoms with van der Waals surface area (Å²) in [5.41, 5.74) is 1.40. The van der Waals surface area contributed by atoms with Crippen LogP contribution in [0.2, 0.25) is 0 Å². The van der Waals surface area contributed by atoms with Crippen molar-refractivity contribution in [2.75, 3.05) is 5.32 Å². The lowest BCUT2D eigenvalue weighted by molar-refractivity contribution is -0.116. The van der Waals surface area contributed by atoms with E-state index in [-0.39, 0.29) is 18.0 Å². The molecule has 0 spiro atoms. The van der Waals surface area contributed by atoms with Crippen LogP contribution in [0.25, 0.3) is 5.69 Å². The molecule has 1 aromatic carbocycles. The summed E-state index contributed by atoms with van der Waals surface area (Å²) in [5.74, 6) is -0.782. The molecule has 92 valence electrons. The predicted molar refractivity (Wildman–Crippen MR) is 63.4 cm³/mol. The van der Waals surface area contributed by atoms with Gasteiger partial charge < -0.3 is 5.32 Å². The first-order valence-corrected chi connectivity index (χ1v) is 5.45. The number of rotatable bonds is 0. The number of aryl methyl sites for hydroxylation is 1. The molecule has 2 aromatic rings. The number of carbonyl (C=O) groups excluding carboxylic acids is 1. The number of amides is 1. The van der Waals surface area contributed by atoms with Gasteiger partial charge in [0.05, 0.1) is 11.4 Å². The standard InChI is InChI=1S/C12H10FN3O2/c1-7-4-12(18)15-6-11(17)14-9-5-8(13)2-3-10(9)16(7)15/h2-5H,6H2,1H3,(H,14,17). The number of nitrogens with zero attached hydrogens (tertiary/aromatic N) is 2. The van der Waals surface area contributed by atoms with Crippen molar-refractivity contribution in [1.82, 2.24) is 9.36 Å². The molecule has 0 fully saturated rings. The summed E-state index contributed by atoms with van der Waals surface area (Å²) in [6.07, 6.45) is 0. The highest BCUT2D eigenvalue weighted by atomic mass is 19.1. The van der Waals surface area contributed by atoms with Gasteiger partial charge in [-0.2, -0.15) is 0 Å². The first-order valence-electron chi connectivity index (χ1n) is 5.45. The number of fused-ring (bicyclic) bond motifs is 3. The lowest BCUT2D eigenvalue weighted by Crippen LogP contribution is -2.26. The third-order valence-electron chi connectivity index (χ3n) is 2.92. The summed E-state index contributed by atoms with van der Waals surface area (Å²) in [6.45, 7) is 1.68. The van der Waals surface area contributed by atoms with Crippen LogP contribution in [0.5, 0.6) is 0 Å². The molecule has 0 saturated heterocycles. The maximum absolute atomic E-state index is 13.2. The minimum absolute atomic E-state index is 0.0804. The van der Waals surface area contributed by atoms with E-state index in [9.17, 15) is 14.0 Å². The van der Waals surface area contributed by atoms with Crippen LogP contribution in [0.15, 0.2) is 29.1 Å². The van der Waals surface area contributed by atoms with E-state index in [0.29, 0.717) is 17.1 Å². The summed E-state index contributed by atoms with van der Waals surface area (Å²) < 4.78 is 16.2. The third kappa shape index (κ3) is 1.46. The Morgan fingerprint density at radius 2 is 2.06 bits per heavy atom. The van der Waals surface area contributed by atoms with Crippen LogP contribution in [0.3, 0.4) is 0 Å². The molecule has 1 aliphatic rings. The quantitative estimate of drug-likeness (QED) is 0.756. The maximum atomic E-state index is 13.2. The molecule has 1 aliphatic heterocycles. The Morgan fingerprint density at radius 1 is 1.28 bits per heavy atom. The summed E-state index contributed by atoms with van der Waals surface area (Å²) in [6, 6.07) is 5.53. The lowest BCUT2D eigenvalue weighted by atomic mass is 10.2. The Morgan fingerprint density at radius 3 is 2.83 bits per heavy atom. The van der Waals surface area contributed by atoms with Crippen molar-refractivity contribution in [3.63, 3.8) is 0 Å². The zero-order valence-electron chi connectivity index (χ0n) is 9.61. The molecule has 1 amide bonds. The topological polar surface area (TPSA) is 56.0 Å². The second-order valence-electron chi connectivity index (χ2n) is 4.20. The van der Waals surface area contributed by atoms with Gasteiger partial charge in [-0.25, -0.2) is 9.07 Å². The summed E-state index contributed by atoms with van der Waals surface area (Å²) in [4.78, 5) is 23.4. The van der Waals surface area contributed by atoms with Crippen molar-refractivity contribution >= 4 is 11.6 Å². The Bertz CT molecular complexity index is 715. The Kier molecular flexibility index (Phi) is 2.13. The fourth-order valence-corrected chi connectivity index (χ4v) is 2.19. The molecule has 5 nitrogen and oxygen atoms in total. The molecule has 0 bridgehead atoms. The van der Waals surface area contributed by atoms with Crippen molar-refractivity contribution < 1.29 is 9.18 Å². The van der Waals surface area contributed by atoms with Crippen LogP contribution < -0.4 is 10.9 Å². The van der Waals surface area contributed by atoms with Gasteiger partial charge in [0.25, 0.3) is 5.56 Å². The second kappa shape index (κ2) is 3.56. The normalized spacial score (nSPS) is 13.6. The summed E-state index contributed by atoms with van der Waals surface area (Å²) in [7, 11) is 0. The van der Waals surface area contributed by atoms with Crippen LogP contribution in [0.4, 0.5) is 10.1 Å². The molecular weight excluding hydrogens is 237 g/mol. The summed E-state index contributed by atoms with van der Waals surface area (Å²) in [5, 5.41) is 2.59. The second-order valence-corrected chi connectivity index (χ2v) is 4.20.